The number of rotatable bonds is 4. The van der Waals surface area contributed by atoms with Crippen molar-refractivity contribution in [3.05, 3.63) is 29.3 Å². The minimum atomic E-state index is 0.108. The summed E-state index contributed by atoms with van der Waals surface area (Å²) in [5.74, 6) is 1.74. The lowest BCUT2D eigenvalue weighted by Crippen LogP contribution is -2.15. The van der Waals surface area contributed by atoms with Gasteiger partial charge in [-0.2, -0.15) is 0 Å². The Hall–Kier alpha value is -1.31. The Bertz CT molecular complexity index is 417. The Morgan fingerprint density at radius 1 is 1.28 bits per heavy atom. The molecule has 98 valence electrons. The number of benzene rings is 1. The molecule has 0 amide bonds. The fraction of sp³-hybridized carbons (Fsp3) is 0.562. The number of carbonyl (C=O) groups excluding carboxylic acids is 1. The van der Waals surface area contributed by atoms with Gasteiger partial charge in [0.25, 0.3) is 0 Å². The number of carbonyl (C=O) groups is 1. The second kappa shape index (κ2) is 6.03. The van der Waals surface area contributed by atoms with E-state index in [1.165, 1.54) is 32.1 Å². The Morgan fingerprint density at radius 2 is 2.00 bits per heavy atom. The summed E-state index contributed by atoms with van der Waals surface area (Å²) < 4.78 is 5.90. The lowest BCUT2D eigenvalue weighted by atomic mass is 9.90. The van der Waals surface area contributed by atoms with Gasteiger partial charge in [-0.15, -0.1) is 0 Å². The third-order valence-corrected chi connectivity index (χ3v) is 3.78. The number of hydrogen-bond donors (Lipinski definition) is 0. The summed E-state index contributed by atoms with van der Waals surface area (Å²) in [5, 5.41) is 0. The van der Waals surface area contributed by atoms with Crippen molar-refractivity contribution < 1.29 is 9.53 Å². The average Bonchev–Trinajstić information content (AvgIpc) is 2.38. The molecule has 1 aliphatic carbocycles. The van der Waals surface area contributed by atoms with Crippen molar-refractivity contribution in [3.8, 4) is 5.75 Å². The highest BCUT2D eigenvalue weighted by atomic mass is 16.5. The molecule has 0 radical (unpaired) electrons. The third-order valence-electron chi connectivity index (χ3n) is 3.78. The Balaban J connectivity index is 1.94. The molecule has 0 N–H and O–H groups in total. The lowest BCUT2D eigenvalue weighted by Gasteiger charge is -2.22. The van der Waals surface area contributed by atoms with Crippen molar-refractivity contribution in [2.24, 2.45) is 5.92 Å². The first-order chi connectivity index (χ1) is 8.66. The Morgan fingerprint density at radius 3 is 2.61 bits per heavy atom. The summed E-state index contributed by atoms with van der Waals surface area (Å²) in [4.78, 5) is 11.3. The third kappa shape index (κ3) is 3.34. The van der Waals surface area contributed by atoms with E-state index in [0.717, 1.165) is 23.5 Å². The lowest BCUT2D eigenvalue weighted by molar-refractivity contribution is 0.101. The second-order valence-corrected chi connectivity index (χ2v) is 5.35. The normalized spacial score (nSPS) is 16.6. The first-order valence-corrected chi connectivity index (χ1v) is 6.91. The van der Waals surface area contributed by atoms with Gasteiger partial charge in [0.05, 0.1) is 6.61 Å². The maximum atomic E-state index is 11.3. The summed E-state index contributed by atoms with van der Waals surface area (Å²) in [5.41, 5.74) is 1.82. The van der Waals surface area contributed by atoms with Crippen molar-refractivity contribution in [1.29, 1.82) is 0 Å². The average molecular weight is 246 g/mol. The highest BCUT2D eigenvalue weighted by Crippen LogP contribution is 2.26. The van der Waals surface area contributed by atoms with Gasteiger partial charge < -0.3 is 4.74 Å². The van der Waals surface area contributed by atoms with Crippen LogP contribution in [0.25, 0.3) is 0 Å². The minimum Gasteiger partial charge on any atom is -0.493 e. The molecular formula is C16H22O2. The van der Waals surface area contributed by atoms with E-state index in [1.807, 2.05) is 25.1 Å². The molecule has 1 aliphatic rings. The molecule has 0 bridgehead atoms. The molecule has 1 fully saturated rings. The molecule has 0 spiro atoms. The fourth-order valence-electron chi connectivity index (χ4n) is 2.59. The molecule has 2 nitrogen and oxygen atoms in total. The molecule has 0 atom stereocenters. The summed E-state index contributed by atoms with van der Waals surface area (Å²) in [6.45, 7) is 4.42. The first-order valence-electron chi connectivity index (χ1n) is 6.91. The number of hydrogen-bond acceptors (Lipinski definition) is 2. The van der Waals surface area contributed by atoms with Crippen molar-refractivity contribution in [2.45, 2.75) is 46.0 Å². The maximum Gasteiger partial charge on any atom is 0.159 e. The van der Waals surface area contributed by atoms with Gasteiger partial charge in [0.2, 0.25) is 0 Å². The standard InChI is InChI=1S/C16H22O2/c1-12-10-15(13(2)17)8-9-16(12)18-11-14-6-4-3-5-7-14/h8-10,14H,3-7,11H2,1-2H3. The summed E-state index contributed by atoms with van der Waals surface area (Å²) in [6, 6.07) is 5.69. The first kappa shape index (κ1) is 13.1. The zero-order valence-electron chi connectivity index (χ0n) is 11.4. The summed E-state index contributed by atoms with van der Waals surface area (Å²) in [6.07, 6.45) is 6.66. The largest absolute Gasteiger partial charge is 0.493 e. The van der Waals surface area contributed by atoms with E-state index in [0.29, 0.717) is 5.92 Å². The molecule has 2 rings (SSSR count). The fourth-order valence-corrected chi connectivity index (χ4v) is 2.59. The topological polar surface area (TPSA) is 26.3 Å². The molecule has 1 aromatic rings. The molecule has 2 heteroatoms. The second-order valence-electron chi connectivity index (χ2n) is 5.35. The van der Waals surface area contributed by atoms with E-state index < -0.39 is 0 Å². The van der Waals surface area contributed by atoms with Crippen LogP contribution < -0.4 is 4.74 Å². The molecule has 0 heterocycles. The van der Waals surface area contributed by atoms with Gasteiger partial charge in [0, 0.05) is 5.56 Å². The van der Waals surface area contributed by atoms with Crippen LogP contribution in [0.2, 0.25) is 0 Å². The molecule has 0 aliphatic heterocycles. The van der Waals surface area contributed by atoms with Crippen molar-refractivity contribution >= 4 is 5.78 Å². The van der Waals surface area contributed by atoms with E-state index in [9.17, 15) is 4.79 Å². The van der Waals surface area contributed by atoms with E-state index in [2.05, 4.69) is 0 Å². The van der Waals surface area contributed by atoms with Crippen LogP contribution in [0.5, 0.6) is 5.75 Å². The monoisotopic (exact) mass is 246 g/mol. The zero-order valence-corrected chi connectivity index (χ0v) is 11.4. The van der Waals surface area contributed by atoms with E-state index >= 15 is 0 Å². The van der Waals surface area contributed by atoms with Gasteiger partial charge in [0.15, 0.2) is 5.78 Å². The van der Waals surface area contributed by atoms with Crippen molar-refractivity contribution in [1.82, 2.24) is 0 Å². The van der Waals surface area contributed by atoms with Crippen LogP contribution in [0.3, 0.4) is 0 Å². The SMILES string of the molecule is CC(=O)c1ccc(OCC2CCCCC2)c(C)c1. The molecule has 0 saturated heterocycles. The highest BCUT2D eigenvalue weighted by Gasteiger charge is 2.14. The zero-order chi connectivity index (χ0) is 13.0. The number of ether oxygens (including phenoxy) is 1. The van der Waals surface area contributed by atoms with Crippen LogP contribution in [0.4, 0.5) is 0 Å². The van der Waals surface area contributed by atoms with Gasteiger partial charge in [-0.1, -0.05) is 19.3 Å². The van der Waals surface area contributed by atoms with Crippen LogP contribution in [0.1, 0.15) is 54.9 Å². The molecule has 1 saturated carbocycles. The van der Waals surface area contributed by atoms with Gasteiger partial charge in [-0.25, -0.2) is 0 Å². The molecular weight excluding hydrogens is 224 g/mol. The van der Waals surface area contributed by atoms with Gasteiger partial charge in [0.1, 0.15) is 5.75 Å². The number of aryl methyl sites for hydroxylation is 1. The van der Waals surface area contributed by atoms with Crippen LogP contribution in [0.15, 0.2) is 18.2 Å². The Labute approximate surface area is 109 Å². The van der Waals surface area contributed by atoms with Gasteiger partial charge in [-0.3, -0.25) is 4.79 Å². The van der Waals surface area contributed by atoms with E-state index in [4.69, 9.17) is 4.74 Å². The molecule has 1 aromatic carbocycles. The van der Waals surface area contributed by atoms with Gasteiger partial charge >= 0.3 is 0 Å². The molecule has 0 unspecified atom stereocenters. The summed E-state index contributed by atoms with van der Waals surface area (Å²) in [7, 11) is 0. The van der Waals surface area contributed by atoms with Crippen LogP contribution in [0, 0.1) is 12.8 Å². The van der Waals surface area contributed by atoms with Crippen molar-refractivity contribution in [2.75, 3.05) is 6.61 Å². The highest BCUT2D eigenvalue weighted by molar-refractivity contribution is 5.94. The Kier molecular flexibility index (Phi) is 4.40. The number of ketones is 1. The van der Waals surface area contributed by atoms with Crippen LogP contribution in [-0.2, 0) is 0 Å². The minimum absolute atomic E-state index is 0.108. The molecule has 18 heavy (non-hydrogen) atoms. The van der Waals surface area contributed by atoms with Crippen molar-refractivity contribution in [3.63, 3.8) is 0 Å². The predicted octanol–water partition coefficient (Wildman–Crippen LogP) is 4.16. The quantitative estimate of drug-likeness (QED) is 0.746. The van der Waals surface area contributed by atoms with Crippen LogP contribution >= 0.6 is 0 Å². The predicted molar refractivity (Wildman–Crippen MR) is 73.3 cm³/mol. The van der Waals surface area contributed by atoms with Crippen LogP contribution in [-0.4, -0.2) is 12.4 Å². The van der Waals surface area contributed by atoms with E-state index in [1.54, 1.807) is 6.92 Å². The summed E-state index contributed by atoms with van der Waals surface area (Å²) >= 11 is 0. The molecule has 0 aromatic heterocycles. The maximum absolute atomic E-state index is 11.3. The smallest absolute Gasteiger partial charge is 0.159 e. The van der Waals surface area contributed by atoms with Gasteiger partial charge in [-0.05, 0) is 56.4 Å². The van der Waals surface area contributed by atoms with E-state index in [-0.39, 0.29) is 5.78 Å². The number of Topliss-reactive ketones (excluding diaryl/α,β-unsaturated/α-hetero) is 1.